The number of hydrogen-bond donors (Lipinski definition) is 0. The number of amides is 1. The van der Waals surface area contributed by atoms with Gasteiger partial charge in [0.15, 0.2) is 0 Å². The van der Waals surface area contributed by atoms with Gasteiger partial charge in [0.1, 0.15) is 0 Å². The molecule has 1 aliphatic heterocycles. The van der Waals surface area contributed by atoms with Crippen molar-refractivity contribution in [1.29, 1.82) is 0 Å². The van der Waals surface area contributed by atoms with Crippen LogP contribution < -0.4 is 0 Å². The summed E-state index contributed by atoms with van der Waals surface area (Å²) in [5.74, 6) is 1.08. The van der Waals surface area contributed by atoms with E-state index < -0.39 is 0 Å². The highest BCUT2D eigenvalue weighted by Crippen LogP contribution is 2.49. The Kier molecular flexibility index (Phi) is 3.18. The van der Waals surface area contributed by atoms with Gasteiger partial charge in [-0.2, -0.15) is 0 Å². The van der Waals surface area contributed by atoms with E-state index in [4.69, 9.17) is 0 Å². The van der Waals surface area contributed by atoms with E-state index >= 15 is 0 Å². The standard InChI is InChI=1S/C15H18BrNO/c1-10-3-2-8-17(10)15(18)14-9-13(14)11-4-6-12(16)7-5-11/h4-7,10,13-14H,2-3,8-9H2,1H3/t10-,13-,14+/m1/s1. The van der Waals surface area contributed by atoms with E-state index in [-0.39, 0.29) is 5.92 Å². The monoisotopic (exact) mass is 307 g/mol. The predicted octanol–water partition coefficient (Wildman–Crippen LogP) is 3.56. The maximum absolute atomic E-state index is 12.4. The van der Waals surface area contributed by atoms with Gasteiger partial charge in [-0.25, -0.2) is 0 Å². The van der Waals surface area contributed by atoms with E-state index in [0.29, 0.717) is 17.9 Å². The van der Waals surface area contributed by atoms with Gasteiger partial charge in [0.05, 0.1) is 0 Å². The summed E-state index contributed by atoms with van der Waals surface area (Å²) in [6.07, 6.45) is 3.37. The zero-order valence-electron chi connectivity index (χ0n) is 10.6. The van der Waals surface area contributed by atoms with Gasteiger partial charge in [-0.3, -0.25) is 4.79 Å². The molecule has 1 saturated carbocycles. The summed E-state index contributed by atoms with van der Waals surface area (Å²) < 4.78 is 1.10. The molecule has 3 heteroatoms. The Hall–Kier alpha value is -0.830. The summed E-state index contributed by atoms with van der Waals surface area (Å²) in [5, 5.41) is 0. The third-order valence-electron chi connectivity index (χ3n) is 4.24. The smallest absolute Gasteiger partial charge is 0.226 e. The van der Waals surface area contributed by atoms with Crippen molar-refractivity contribution in [3.05, 3.63) is 34.3 Å². The lowest BCUT2D eigenvalue weighted by molar-refractivity contribution is -0.133. The molecule has 1 amide bonds. The molecule has 0 aromatic heterocycles. The van der Waals surface area contributed by atoms with E-state index in [1.807, 2.05) is 0 Å². The first-order chi connectivity index (χ1) is 8.66. The fourth-order valence-electron chi connectivity index (χ4n) is 3.02. The van der Waals surface area contributed by atoms with Gasteiger partial charge < -0.3 is 4.90 Å². The Labute approximate surface area is 116 Å². The minimum absolute atomic E-state index is 0.242. The highest BCUT2D eigenvalue weighted by atomic mass is 79.9. The maximum Gasteiger partial charge on any atom is 0.226 e. The van der Waals surface area contributed by atoms with E-state index in [9.17, 15) is 4.79 Å². The third-order valence-corrected chi connectivity index (χ3v) is 4.77. The van der Waals surface area contributed by atoms with Crippen molar-refractivity contribution in [2.45, 2.75) is 38.1 Å². The van der Waals surface area contributed by atoms with Gasteiger partial charge in [0.25, 0.3) is 0 Å². The fraction of sp³-hybridized carbons (Fsp3) is 0.533. The number of rotatable bonds is 2. The molecule has 3 rings (SSSR count). The third kappa shape index (κ3) is 2.20. The van der Waals surface area contributed by atoms with Crippen LogP contribution in [0.3, 0.4) is 0 Å². The first kappa shape index (κ1) is 12.2. The molecule has 1 saturated heterocycles. The largest absolute Gasteiger partial charge is 0.340 e. The van der Waals surface area contributed by atoms with Crippen molar-refractivity contribution < 1.29 is 4.79 Å². The Morgan fingerprint density at radius 2 is 2.06 bits per heavy atom. The van der Waals surface area contributed by atoms with E-state index in [1.54, 1.807) is 0 Å². The highest BCUT2D eigenvalue weighted by Gasteiger charge is 2.46. The number of nitrogens with zero attached hydrogens (tertiary/aromatic N) is 1. The molecule has 96 valence electrons. The fourth-order valence-corrected chi connectivity index (χ4v) is 3.28. The van der Waals surface area contributed by atoms with E-state index in [0.717, 1.165) is 17.4 Å². The molecule has 1 aromatic carbocycles. The molecule has 1 heterocycles. The second-order valence-electron chi connectivity index (χ2n) is 5.52. The van der Waals surface area contributed by atoms with Crippen molar-refractivity contribution in [2.24, 2.45) is 5.92 Å². The number of hydrogen-bond acceptors (Lipinski definition) is 1. The van der Waals surface area contributed by atoms with Crippen molar-refractivity contribution in [3.8, 4) is 0 Å². The Morgan fingerprint density at radius 1 is 1.33 bits per heavy atom. The molecular weight excluding hydrogens is 290 g/mol. The lowest BCUT2D eigenvalue weighted by Crippen LogP contribution is -2.35. The zero-order chi connectivity index (χ0) is 12.7. The van der Waals surface area contributed by atoms with Crippen LogP contribution in [-0.2, 0) is 4.79 Å². The van der Waals surface area contributed by atoms with Crippen LogP contribution in [-0.4, -0.2) is 23.4 Å². The van der Waals surface area contributed by atoms with Crippen LogP contribution in [0.15, 0.2) is 28.7 Å². The lowest BCUT2D eigenvalue weighted by Gasteiger charge is -2.21. The Morgan fingerprint density at radius 3 is 2.67 bits per heavy atom. The summed E-state index contributed by atoms with van der Waals surface area (Å²) in [4.78, 5) is 14.5. The number of benzene rings is 1. The van der Waals surface area contributed by atoms with Crippen molar-refractivity contribution >= 4 is 21.8 Å². The molecule has 0 spiro atoms. The molecule has 2 nitrogen and oxygen atoms in total. The predicted molar refractivity (Wildman–Crippen MR) is 75.4 cm³/mol. The first-order valence-corrected chi connectivity index (χ1v) is 7.52. The summed E-state index contributed by atoms with van der Waals surface area (Å²) >= 11 is 3.45. The first-order valence-electron chi connectivity index (χ1n) is 6.73. The summed E-state index contributed by atoms with van der Waals surface area (Å²) in [6.45, 7) is 3.13. The lowest BCUT2D eigenvalue weighted by atomic mass is 10.1. The molecule has 18 heavy (non-hydrogen) atoms. The number of carbonyl (C=O) groups excluding carboxylic acids is 1. The Balaban J connectivity index is 1.67. The second kappa shape index (κ2) is 4.69. The SMILES string of the molecule is C[C@@H]1CCCN1C(=O)[C@H]1C[C@@H]1c1ccc(Br)cc1. The molecule has 0 radical (unpaired) electrons. The van der Waals surface area contributed by atoms with Gasteiger partial charge in [-0.15, -0.1) is 0 Å². The molecule has 2 aliphatic rings. The molecule has 3 atom stereocenters. The van der Waals surface area contributed by atoms with Crippen LogP contribution in [0.5, 0.6) is 0 Å². The minimum Gasteiger partial charge on any atom is -0.340 e. The summed E-state index contributed by atoms with van der Waals surface area (Å²) in [5.41, 5.74) is 1.31. The van der Waals surface area contributed by atoms with Crippen molar-refractivity contribution in [2.75, 3.05) is 6.54 Å². The molecule has 1 aliphatic carbocycles. The average molecular weight is 308 g/mol. The van der Waals surface area contributed by atoms with Crippen molar-refractivity contribution in [1.82, 2.24) is 4.90 Å². The molecule has 0 N–H and O–H groups in total. The van der Waals surface area contributed by atoms with Crippen molar-refractivity contribution in [3.63, 3.8) is 0 Å². The topological polar surface area (TPSA) is 20.3 Å². The maximum atomic E-state index is 12.4. The minimum atomic E-state index is 0.242. The average Bonchev–Trinajstić information content (AvgIpc) is 3.05. The number of likely N-dealkylation sites (tertiary alicyclic amines) is 1. The van der Waals surface area contributed by atoms with Crippen LogP contribution in [0.2, 0.25) is 0 Å². The van der Waals surface area contributed by atoms with Crippen LogP contribution in [0, 0.1) is 5.92 Å². The molecule has 0 bridgehead atoms. The molecular formula is C15H18BrNO. The summed E-state index contributed by atoms with van der Waals surface area (Å²) in [6, 6.07) is 8.84. The zero-order valence-corrected chi connectivity index (χ0v) is 12.2. The van der Waals surface area contributed by atoms with Gasteiger partial charge in [-0.05, 0) is 49.8 Å². The quantitative estimate of drug-likeness (QED) is 0.818. The van der Waals surface area contributed by atoms with Crippen LogP contribution >= 0.6 is 15.9 Å². The number of halogens is 1. The van der Waals surface area contributed by atoms with Crippen LogP contribution in [0.1, 0.15) is 37.7 Å². The highest BCUT2D eigenvalue weighted by molar-refractivity contribution is 9.10. The molecule has 2 fully saturated rings. The molecule has 1 aromatic rings. The van der Waals surface area contributed by atoms with Crippen LogP contribution in [0.25, 0.3) is 0 Å². The molecule has 0 unspecified atom stereocenters. The van der Waals surface area contributed by atoms with Gasteiger partial charge in [0, 0.05) is 23.0 Å². The van der Waals surface area contributed by atoms with E-state index in [1.165, 1.54) is 18.4 Å². The summed E-state index contributed by atoms with van der Waals surface area (Å²) in [7, 11) is 0. The van der Waals surface area contributed by atoms with Gasteiger partial charge in [-0.1, -0.05) is 28.1 Å². The van der Waals surface area contributed by atoms with Gasteiger partial charge >= 0.3 is 0 Å². The second-order valence-corrected chi connectivity index (χ2v) is 6.44. The van der Waals surface area contributed by atoms with Crippen LogP contribution in [0.4, 0.5) is 0 Å². The Bertz CT molecular complexity index is 456. The van der Waals surface area contributed by atoms with Gasteiger partial charge in [0.2, 0.25) is 5.91 Å². The van der Waals surface area contributed by atoms with E-state index in [2.05, 4.69) is 52.0 Å². The normalized spacial score (nSPS) is 30.6. The number of carbonyl (C=O) groups is 1.